The van der Waals surface area contributed by atoms with Crippen molar-refractivity contribution < 1.29 is 19.8 Å². The number of carboxylic acid groups (broad SMARTS) is 1. The quantitative estimate of drug-likeness (QED) is 0.589. The minimum Gasteiger partial charge on any atom is -0.478 e. The van der Waals surface area contributed by atoms with Crippen LogP contribution in [-0.4, -0.2) is 27.6 Å². The fraction of sp³-hybridized carbons (Fsp3) is 0.111. The number of hydrogen-bond donors (Lipinski definition) is 2. The summed E-state index contributed by atoms with van der Waals surface area (Å²) in [7, 11) is 0. The number of carboxylic acids is 1. The number of aliphatic carboxylic acids is 1. The molecule has 68 valence electrons. The van der Waals surface area contributed by atoms with Crippen LogP contribution in [0.1, 0.15) is 0 Å². The fourth-order valence-electron chi connectivity index (χ4n) is 0.858. The van der Waals surface area contributed by atoms with Crippen LogP contribution in [0, 0.1) is 0 Å². The molecule has 0 atom stereocenters. The molecule has 2 N–H and O–H groups in total. The Morgan fingerprint density at radius 1 is 1.38 bits per heavy atom. The summed E-state index contributed by atoms with van der Waals surface area (Å²) in [6.07, 6.45) is 6.75. The van der Waals surface area contributed by atoms with Gasteiger partial charge in [0.05, 0.1) is 0 Å². The van der Waals surface area contributed by atoms with Crippen LogP contribution in [-0.2, 0) is 9.59 Å². The van der Waals surface area contributed by atoms with Gasteiger partial charge >= 0.3 is 5.97 Å². The summed E-state index contributed by atoms with van der Waals surface area (Å²) in [5.41, 5.74) is -1.45. The van der Waals surface area contributed by atoms with E-state index in [0.29, 0.717) is 0 Å². The molecule has 0 saturated carbocycles. The first-order chi connectivity index (χ1) is 6.02. The molecule has 4 nitrogen and oxygen atoms in total. The molecule has 0 fully saturated rings. The average Bonchev–Trinajstić information content (AvgIpc) is 2.08. The Balaban J connectivity index is 2.79. The van der Waals surface area contributed by atoms with Gasteiger partial charge in [-0.2, -0.15) is 0 Å². The third kappa shape index (κ3) is 2.68. The molecule has 0 heterocycles. The summed E-state index contributed by atoms with van der Waals surface area (Å²) in [6, 6.07) is 0. The topological polar surface area (TPSA) is 74.6 Å². The number of allylic oxidation sites excluding steroid dienone is 2. The number of carbonyl (C=O) groups is 2. The number of carbonyl (C=O) groups excluding carboxylic acids is 1. The summed E-state index contributed by atoms with van der Waals surface area (Å²) in [5.74, 6) is -1.37. The van der Waals surface area contributed by atoms with E-state index in [1.807, 2.05) is 0 Å². The van der Waals surface area contributed by atoms with Gasteiger partial charge in [-0.15, -0.1) is 0 Å². The highest BCUT2D eigenvalue weighted by atomic mass is 16.4. The third-order valence-electron chi connectivity index (χ3n) is 1.52. The molecule has 0 saturated heterocycles. The SMILES string of the molecule is O=C1C=CC(O)(/C=C/C(=O)O)C=C1. The first-order valence-corrected chi connectivity index (χ1v) is 3.59. The number of ketones is 1. The molecule has 0 radical (unpaired) electrons. The van der Waals surface area contributed by atoms with Crippen LogP contribution in [0.25, 0.3) is 0 Å². The molecule has 0 aromatic carbocycles. The predicted octanol–water partition coefficient (Wildman–Crippen LogP) is 0.0534. The Bertz CT molecular complexity index is 307. The fourth-order valence-corrected chi connectivity index (χ4v) is 0.858. The van der Waals surface area contributed by atoms with E-state index >= 15 is 0 Å². The second-order valence-corrected chi connectivity index (χ2v) is 2.63. The predicted molar refractivity (Wildman–Crippen MR) is 45.0 cm³/mol. The van der Waals surface area contributed by atoms with Crippen molar-refractivity contribution in [3.8, 4) is 0 Å². The van der Waals surface area contributed by atoms with Gasteiger partial charge in [-0.1, -0.05) is 0 Å². The molecule has 0 aromatic rings. The van der Waals surface area contributed by atoms with E-state index in [4.69, 9.17) is 5.11 Å². The summed E-state index contributed by atoms with van der Waals surface area (Å²) in [5, 5.41) is 17.9. The summed E-state index contributed by atoms with van der Waals surface area (Å²) < 4.78 is 0. The zero-order valence-corrected chi connectivity index (χ0v) is 6.68. The van der Waals surface area contributed by atoms with Gasteiger partial charge in [0.2, 0.25) is 0 Å². The van der Waals surface area contributed by atoms with Crippen LogP contribution >= 0.6 is 0 Å². The summed E-state index contributed by atoms with van der Waals surface area (Å²) >= 11 is 0. The molecule has 1 aliphatic carbocycles. The van der Waals surface area contributed by atoms with E-state index in [1.54, 1.807) is 0 Å². The highest BCUT2D eigenvalue weighted by Gasteiger charge is 2.19. The Hall–Kier alpha value is -1.68. The minimum absolute atomic E-state index is 0.228. The minimum atomic E-state index is -1.45. The molecule has 0 spiro atoms. The van der Waals surface area contributed by atoms with Gasteiger partial charge in [0.25, 0.3) is 0 Å². The normalized spacial score (nSPS) is 19.6. The Labute approximate surface area is 74.5 Å². The lowest BCUT2D eigenvalue weighted by molar-refractivity contribution is -0.131. The molecule has 0 aliphatic heterocycles. The second-order valence-electron chi connectivity index (χ2n) is 2.63. The molecule has 0 unspecified atom stereocenters. The van der Waals surface area contributed by atoms with Gasteiger partial charge in [0, 0.05) is 6.08 Å². The van der Waals surface area contributed by atoms with Gasteiger partial charge < -0.3 is 10.2 Å². The molecule has 1 aliphatic rings. The Kier molecular flexibility index (Phi) is 2.44. The number of rotatable bonds is 2. The lowest BCUT2D eigenvalue weighted by atomic mass is 9.97. The van der Waals surface area contributed by atoms with Gasteiger partial charge in [-0.25, -0.2) is 4.79 Å². The van der Waals surface area contributed by atoms with Crippen LogP contribution in [0.15, 0.2) is 36.5 Å². The standard InChI is InChI=1S/C9H8O4/c10-7-1-4-9(13,5-2-7)6-3-8(11)12/h1-6,13H,(H,11,12)/b6-3+. The number of aliphatic hydroxyl groups is 1. The van der Waals surface area contributed by atoms with Crippen LogP contribution in [0.5, 0.6) is 0 Å². The van der Waals surface area contributed by atoms with Crippen LogP contribution in [0.2, 0.25) is 0 Å². The van der Waals surface area contributed by atoms with Crippen molar-refractivity contribution >= 4 is 11.8 Å². The summed E-state index contributed by atoms with van der Waals surface area (Å²) in [4.78, 5) is 20.8. The van der Waals surface area contributed by atoms with E-state index in [2.05, 4.69) is 0 Å². The van der Waals surface area contributed by atoms with Crippen molar-refractivity contribution in [1.82, 2.24) is 0 Å². The van der Waals surface area contributed by atoms with Crippen LogP contribution in [0.3, 0.4) is 0 Å². The maximum Gasteiger partial charge on any atom is 0.328 e. The maximum atomic E-state index is 10.7. The van der Waals surface area contributed by atoms with Crippen molar-refractivity contribution in [3.05, 3.63) is 36.5 Å². The molecule has 0 bridgehead atoms. The zero-order chi connectivity index (χ0) is 9.90. The molecule has 4 heteroatoms. The van der Waals surface area contributed by atoms with Crippen molar-refractivity contribution in [2.24, 2.45) is 0 Å². The Morgan fingerprint density at radius 3 is 2.38 bits per heavy atom. The van der Waals surface area contributed by atoms with Gasteiger partial charge in [0.15, 0.2) is 5.78 Å². The molecule has 0 amide bonds. The Morgan fingerprint density at radius 2 is 1.92 bits per heavy atom. The number of hydrogen-bond acceptors (Lipinski definition) is 3. The largest absolute Gasteiger partial charge is 0.478 e. The third-order valence-corrected chi connectivity index (χ3v) is 1.52. The monoisotopic (exact) mass is 180 g/mol. The van der Waals surface area contributed by atoms with Gasteiger partial charge in [0.1, 0.15) is 5.60 Å². The molecule has 0 aromatic heterocycles. The lowest BCUT2D eigenvalue weighted by Gasteiger charge is -2.16. The molecular weight excluding hydrogens is 172 g/mol. The smallest absolute Gasteiger partial charge is 0.328 e. The zero-order valence-electron chi connectivity index (χ0n) is 6.68. The van der Waals surface area contributed by atoms with Crippen LogP contribution in [0.4, 0.5) is 0 Å². The second kappa shape index (κ2) is 3.37. The highest BCUT2D eigenvalue weighted by molar-refractivity contribution is 6.00. The summed E-state index contributed by atoms with van der Waals surface area (Å²) in [6.45, 7) is 0. The first-order valence-electron chi connectivity index (χ1n) is 3.59. The van der Waals surface area contributed by atoms with Crippen molar-refractivity contribution in [3.63, 3.8) is 0 Å². The molecular formula is C9H8O4. The van der Waals surface area contributed by atoms with E-state index in [-0.39, 0.29) is 5.78 Å². The van der Waals surface area contributed by atoms with E-state index in [9.17, 15) is 14.7 Å². The van der Waals surface area contributed by atoms with Crippen molar-refractivity contribution in [2.45, 2.75) is 5.60 Å². The highest BCUT2D eigenvalue weighted by Crippen LogP contribution is 2.14. The average molecular weight is 180 g/mol. The van der Waals surface area contributed by atoms with Gasteiger partial charge in [-0.3, -0.25) is 4.79 Å². The van der Waals surface area contributed by atoms with E-state index in [0.717, 1.165) is 12.2 Å². The maximum absolute atomic E-state index is 10.7. The van der Waals surface area contributed by atoms with E-state index < -0.39 is 11.6 Å². The lowest BCUT2D eigenvalue weighted by Crippen LogP contribution is -2.22. The van der Waals surface area contributed by atoms with Crippen molar-refractivity contribution in [1.29, 1.82) is 0 Å². The van der Waals surface area contributed by atoms with Crippen LogP contribution < -0.4 is 0 Å². The molecule has 13 heavy (non-hydrogen) atoms. The van der Waals surface area contributed by atoms with Crippen molar-refractivity contribution in [2.75, 3.05) is 0 Å². The molecule has 1 rings (SSSR count). The van der Waals surface area contributed by atoms with E-state index in [1.165, 1.54) is 24.3 Å². The van der Waals surface area contributed by atoms with Gasteiger partial charge in [-0.05, 0) is 30.4 Å². The first kappa shape index (κ1) is 9.41.